The van der Waals surface area contributed by atoms with Gasteiger partial charge in [-0.1, -0.05) is 13.8 Å². The third kappa shape index (κ3) is 4.55. The highest BCUT2D eigenvalue weighted by atomic mass is 16.6. The van der Waals surface area contributed by atoms with Crippen molar-refractivity contribution in [2.24, 2.45) is 5.92 Å². The summed E-state index contributed by atoms with van der Waals surface area (Å²) in [5.74, 6) is 0.301. The van der Waals surface area contributed by atoms with Crippen LogP contribution in [0.4, 0.5) is 0 Å². The van der Waals surface area contributed by atoms with Crippen molar-refractivity contribution in [3.63, 3.8) is 0 Å². The van der Waals surface area contributed by atoms with Gasteiger partial charge >= 0.3 is 5.97 Å². The summed E-state index contributed by atoms with van der Waals surface area (Å²) in [6.45, 7) is 12.7. The minimum absolute atomic E-state index is 0.0458. The van der Waals surface area contributed by atoms with Crippen LogP contribution in [0.3, 0.4) is 0 Å². The Morgan fingerprint density at radius 3 is 3.00 bits per heavy atom. The Balaban J connectivity index is 1.85. The molecule has 22 heavy (non-hydrogen) atoms. The molecule has 0 amide bonds. The highest BCUT2D eigenvalue weighted by Crippen LogP contribution is 2.10. The van der Waals surface area contributed by atoms with Crippen LogP contribution in [0.1, 0.15) is 37.0 Å². The van der Waals surface area contributed by atoms with Gasteiger partial charge in [0, 0.05) is 26.2 Å². The van der Waals surface area contributed by atoms with Crippen LogP contribution in [-0.2, 0) is 16.0 Å². The maximum absolute atomic E-state index is 12.2. The molecule has 1 aromatic rings. The van der Waals surface area contributed by atoms with Gasteiger partial charge < -0.3 is 9.47 Å². The Bertz CT molecular complexity index is 499. The Kier molecular flexibility index (Phi) is 5.97. The van der Waals surface area contributed by atoms with Gasteiger partial charge in [-0.2, -0.15) is 5.10 Å². The second kappa shape index (κ2) is 7.74. The molecule has 0 N–H and O–H groups in total. The lowest BCUT2D eigenvalue weighted by Gasteiger charge is -2.33. The van der Waals surface area contributed by atoms with Crippen LogP contribution in [-0.4, -0.2) is 59.6 Å². The first-order valence-electron chi connectivity index (χ1n) is 8.05. The standard InChI is InChI=1S/C16H27N3O3/c1-5-19-15(8-13(4)17-19)16(20)22-11-14-10-18(6-7-21-14)9-12(2)3/h8,12,14H,5-7,9-11H2,1-4H3. The molecule has 1 aliphatic rings. The Morgan fingerprint density at radius 1 is 1.55 bits per heavy atom. The molecule has 1 atom stereocenters. The highest BCUT2D eigenvalue weighted by molar-refractivity contribution is 5.87. The van der Waals surface area contributed by atoms with Gasteiger partial charge in [-0.05, 0) is 25.8 Å². The fraction of sp³-hybridized carbons (Fsp3) is 0.750. The van der Waals surface area contributed by atoms with Crippen molar-refractivity contribution in [1.29, 1.82) is 0 Å². The molecule has 1 saturated heterocycles. The fourth-order valence-corrected chi connectivity index (χ4v) is 2.76. The zero-order valence-electron chi connectivity index (χ0n) is 14.0. The largest absolute Gasteiger partial charge is 0.458 e. The molecule has 1 aliphatic heterocycles. The predicted octanol–water partition coefficient (Wildman–Crippen LogP) is 1.73. The van der Waals surface area contributed by atoms with E-state index in [4.69, 9.17) is 9.47 Å². The Labute approximate surface area is 132 Å². The van der Waals surface area contributed by atoms with Crippen molar-refractivity contribution in [1.82, 2.24) is 14.7 Å². The second-order valence-electron chi connectivity index (χ2n) is 6.23. The number of hydrogen-bond acceptors (Lipinski definition) is 5. The van der Waals surface area contributed by atoms with Gasteiger partial charge in [0.1, 0.15) is 18.4 Å². The Hall–Kier alpha value is -1.40. The average molecular weight is 309 g/mol. The molecule has 0 aliphatic carbocycles. The normalized spacial score (nSPS) is 19.6. The number of carbonyl (C=O) groups excluding carboxylic acids is 1. The van der Waals surface area contributed by atoms with E-state index in [1.165, 1.54) is 0 Å². The first-order valence-corrected chi connectivity index (χ1v) is 8.05. The summed E-state index contributed by atoms with van der Waals surface area (Å²) in [4.78, 5) is 14.6. The van der Waals surface area contributed by atoms with Crippen LogP contribution in [0, 0.1) is 12.8 Å². The monoisotopic (exact) mass is 309 g/mol. The molecular formula is C16H27N3O3. The number of aromatic nitrogens is 2. The van der Waals surface area contributed by atoms with Crippen LogP contribution in [0.5, 0.6) is 0 Å². The topological polar surface area (TPSA) is 56.6 Å². The third-order valence-corrected chi connectivity index (χ3v) is 3.66. The SMILES string of the molecule is CCn1nc(C)cc1C(=O)OCC1CN(CC(C)C)CCO1. The molecule has 6 heteroatoms. The molecule has 0 aromatic carbocycles. The summed E-state index contributed by atoms with van der Waals surface area (Å²) in [7, 11) is 0. The van der Waals surface area contributed by atoms with Crippen molar-refractivity contribution in [3.8, 4) is 0 Å². The molecule has 2 rings (SSSR count). The van der Waals surface area contributed by atoms with Crippen LogP contribution >= 0.6 is 0 Å². The van der Waals surface area contributed by atoms with Crippen LogP contribution in [0.2, 0.25) is 0 Å². The average Bonchev–Trinajstić information content (AvgIpc) is 2.85. The third-order valence-electron chi connectivity index (χ3n) is 3.66. The summed E-state index contributed by atoms with van der Waals surface area (Å²) in [5, 5.41) is 4.27. The van der Waals surface area contributed by atoms with Gasteiger partial charge in [0.05, 0.1) is 12.3 Å². The summed E-state index contributed by atoms with van der Waals surface area (Å²) in [6, 6.07) is 1.76. The van der Waals surface area contributed by atoms with E-state index in [1.807, 2.05) is 13.8 Å². The van der Waals surface area contributed by atoms with Gasteiger partial charge in [0.15, 0.2) is 0 Å². The van der Waals surface area contributed by atoms with Crippen molar-refractivity contribution < 1.29 is 14.3 Å². The molecule has 0 radical (unpaired) electrons. The zero-order valence-corrected chi connectivity index (χ0v) is 14.0. The summed E-state index contributed by atoms with van der Waals surface area (Å²) >= 11 is 0. The van der Waals surface area contributed by atoms with E-state index in [0.717, 1.165) is 25.3 Å². The van der Waals surface area contributed by atoms with E-state index >= 15 is 0 Å². The molecule has 1 aromatic heterocycles. The van der Waals surface area contributed by atoms with Crippen molar-refractivity contribution in [2.75, 3.05) is 32.8 Å². The van der Waals surface area contributed by atoms with Gasteiger partial charge in [0.2, 0.25) is 0 Å². The molecular weight excluding hydrogens is 282 g/mol. The van der Waals surface area contributed by atoms with E-state index in [0.29, 0.717) is 31.4 Å². The first-order chi connectivity index (χ1) is 10.5. The number of morpholine rings is 1. The van der Waals surface area contributed by atoms with Crippen molar-refractivity contribution >= 4 is 5.97 Å². The smallest absolute Gasteiger partial charge is 0.356 e. The van der Waals surface area contributed by atoms with Crippen molar-refractivity contribution in [3.05, 3.63) is 17.5 Å². The van der Waals surface area contributed by atoms with E-state index in [2.05, 4.69) is 23.8 Å². The van der Waals surface area contributed by atoms with E-state index < -0.39 is 0 Å². The Morgan fingerprint density at radius 2 is 2.32 bits per heavy atom. The molecule has 124 valence electrons. The van der Waals surface area contributed by atoms with Gasteiger partial charge in [0.25, 0.3) is 0 Å². The number of ether oxygens (including phenoxy) is 2. The van der Waals surface area contributed by atoms with Crippen molar-refractivity contribution in [2.45, 2.75) is 40.3 Å². The molecule has 2 heterocycles. The summed E-state index contributed by atoms with van der Waals surface area (Å²) in [5.41, 5.74) is 1.33. The maximum atomic E-state index is 12.2. The van der Waals surface area contributed by atoms with Crippen LogP contribution < -0.4 is 0 Å². The molecule has 0 bridgehead atoms. The maximum Gasteiger partial charge on any atom is 0.356 e. The number of hydrogen-bond donors (Lipinski definition) is 0. The van der Waals surface area contributed by atoms with Gasteiger partial charge in [-0.15, -0.1) is 0 Å². The van der Waals surface area contributed by atoms with Gasteiger partial charge in [-0.3, -0.25) is 9.58 Å². The predicted molar refractivity (Wildman–Crippen MR) is 83.9 cm³/mol. The minimum atomic E-state index is -0.327. The molecule has 0 saturated carbocycles. The lowest BCUT2D eigenvalue weighted by Crippen LogP contribution is -2.45. The first kappa shape index (κ1) is 17.0. The number of aryl methyl sites for hydroxylation is 2. The fourth-order valence-electron chi connectivity index (χ4n) is 2.76. The van der Waals surface area contributed by atoms with E-state index in [9.17, 15) is 4.79 Å². The van der Waals surface area contributed by atoms with Crippen LogP contribution in [0.25, 0.3) is 0 Å². The van der Waals surface area contributed by atoms with E-state index in [-0.39, 0.29) is 12.1 Å². The van der Waals surface area contributed by atoms with Gasteiger partial charge in [-0.25, -0.2) is 4.79 Å². The number of carbonyl (C=O) groups is 1. The number of rotatable bonds is 6. The van der Waals surface area contributed by atoms with Crippen LogP contribution in [0.15, 0.2) is 6.07 Å². The summed E-state index contributed by atoms with van der Waals surface area (Å²) < 4.78 is 12.8. The quantitative estimate of drug-likeness (QED) is 0.749. The molecule has 0 spiro atoms. The number of esters is 1. The summed E-state index contributed by atoms with van der Waals surface area (Å²) in [6.07, 6.45) is -0.0458. The minimum Gasteiger partial charge on any atom is -0.458 e. The molecule has 6 nitrogen and oxygen atoms in total. The van der Waals surface area contributed by atoms with E-state index in [1.54, 1.807) is 10.7 Å². The highest BCUT2D eigenvalue weighted by Gasteiger charge is 2.23. The lowest BCUT2D eigenvalue weighted by atomic mass is 10.2. The number of nitrogens with zero attached hydrogens (tertiary/aromatic N) is 3. The zero-order chi connectivity index (χ0) is 16.1. The molecule has 1 fully saturated rings. The molecule has 1 unspecified atom stereocenters. The second-order valence-corrected chi connectivity index (χ2v) is 6.23. The lowest BCUT2D eigenvalue weighted by molar-refractivity contribution is -0.0614.